The number of para-hydroxylation sites is 1. The molecule has 0 aliphatic carbocycles. The highest BCUT2D eigenvalue weighted by atomic mass is 16.5. The molecule has 5 rings (SSSR count). The number of likely N-dealkylation sites (tertiary alicyclic amines) is 1. The molecule has 0 radical (unpaired) electrons. The monoisotopic (exact) mass is 498 g/mol. The molecule has 4 aromatic rings. The van der Waals surface area contributed by atoms with Gasteiger partial charge in [0.2, 0.25) is 11.9 Å². The number of amides is 1. The van der Waals surface area contributed by atoms with E-state index in [0.29, 0.717) is 28.8 Å². The molecule has 1 atom stereocenters. The fraction of sp³-hybridized carbons (Fsp3) is 0.250. The zero-order valence-corrected chi connectivity index (χ0v) is 21.2. The molecule has 1 aliphatic heterocycles. The van der Waals surface area contributed by atoms with Gasteiger partial charge in [-0.2, -0.15) is 0 Å². The zero-order valence-electron chi connectivity index (χ0n) is 21.2. The minimum absolute atomic E-state index is 0.0219. The molecule has 1 unspecified atom stereocenters. The highest BCUT2D eigenvalue weighted by Crippen LogP contribution is 2.39. The van der Waals surface area contributed by atoms with Gasteiger partial charge in [-0.3, -0.25) is 4.79 Å². The molecule has 2 aromatic heterocycles. The van der Waals surface area contributed by atoms with E-state index in [1.54, 1.807) is 25.4 Å². The number of aromatic nitrogens is 3. The first-order valence-electron chi connectivity index (χ1n) is 12.1. The van der Waals surface area contributed by atoms with Crippen molar-refractivity contribution in [3.63, 3.8) is 0 Å². The van der Waals surface area contributed by atoms with Crippen molar-refractivity contribution in [2.24, 2.45) is 7.05 Å². The van der Waals surface area contributed by atoms with Crippen LogP contribution in [0.2, 0.25) is 0 Å². The van der Waals surface area contributed by atoms with Gasteiger partial charge < -0.3 is 29.6 Å². The summed E-state index contributed by atoms with van der Waals surface area (Å²) in [4.78, 5) is 23.6. The van der Waals surface area contributed by atoms with Crippen molar-refractivity contribution in [2.45, 2.75) is 12.5 Å². The van der Waals surface area contributed by atoms with Crippen molar-refractivity contribution in [3.8, 4) is 22.8 Å². The van der Waals surface area contributed by atoms with Crippen LogP contribution in [0.25, 0.3) is 22.2 Å². The van der Waals surface area contributed by atoms with Crippen LogP contribution in [0.1, 0.15) is 6.42 Å². The lowest BCUT2D eigenvalue weighted by atomic mass is 10.1. The van der Waals surface area contributed by atoms with E-state index in [-0.39, 0.29) is 12.0 Å². The number of likely N-dealkylation sites (N-methyl/N-ethyl adjacent to an activating group) is 1. The topological polar surface area (TPSA) is 93.5 Å². The molecule has 1 saturated heterocycles. The Morgan fingerprint density at radius 2 is 2.00 bits per heavy atom. The number of ether oxygens (including phenoxy) is 2. The number of hydrogen-bond donors (Lipinski definition) is 2. The highest BCUT2D eigenvalue weighted by molar-refractivity contribution is 6.00. The number of aryl methyl sites for hydroxylation is 1. The Morgan fingerprint density at radius 3 is 2.76 bits per heavy atom. The summed E-state index contributed by atoms with van der Waals surface area (Å²) in [7, 11) is 5.66. The van der Waals surface area contributed by atoms with Crippen LogP contribution in [0.15, 0.2) is 67.5 Å². The van der Waals surface area contributed by atoms with Gasteiger partial charge in [-0.25, -0.2) is 9.97 Å². The second-order valence-electron chi connectivity index (χ2n) is 9.09. The first-order valence-corrected chi connectivity index (χ1v) is 12.1. The summed E-state index contributed by atoms with van der Waals surface area (Å²) in [6.45, 7) is 5.33. The van der Waals surface area contributed by atoms with Crippen LogP contribution in [0, 0.1) is 0 Å². The van der Waals surface area contributed by atoms with Gasteiger partial charge in [-0.15, -0.1) is 0 Å². The van der Waals surface area contributed by atoms with Crippen LogP contribution < -0.4 is 20.1 Å². The number of carbonyl (C=O) groups excluding carboxylic acids is 1. The van der Waals surface area contributed by atoms with Crippen LogP contribution in [0.4, 0.5) is 17.3 Å². The molecule has 1 aliphatic rings. The maximum Gasteiger partial charge on any atom is 0.247 e. The van der Waals surface area contributed by atoms with Crippen LogP contribution >= 0.6 is 0 Å². The van der Waals surface area contributed by atoms with E-state index in [1.807, 2.05) is 25.2 Å². The summed E-state index contributed by atoms with van der Waals surface area (Å²) in [6, 6.07) is 13.6. The molecule has 2 aromatic carbocycles. The fourth-order valence-corrected chi connectivity index (χ4v) is 4.61. The first-order chi connectivity index (χ1) is 17.9. The number of nitrogens with one attached hydrogen (secondary N) is 2. The van der Waals surface area contributed by atoms with Gasteiger partial charge in [0, 0.05) is 55.1 Å². The van der Waals surface area contributed by atoms with Crippen molar-refractivity contribution >= 4 is 34.1 Å². The van der Waals surface area contributed by atoms with Crippen molar-refractivity contribution in [1.29, 1.82) is 0 Å². The Kier molecular flexibility index (Phi) is 6.78. The van der Waals surface area contributed by atoms with Crippen LogP contribution in [0.3, 0.4) is 0 Å². The first kappa shape index (κ1) is 24.3. The van der Waals surface area contributed by atoms with Gasteiger partial charge in [0.25, 0.3) is 0 Å². The smallest absolute Gasteiger partial charge is 0.247 e. The number of anilines is 3. The van der Waals surface area contributed by atoms with E-state index in [0.717, 1.165) is 41.7 Å². The Labute approximate surface area is 215 Å². The van der Waals surface area contributed by atoms with Crippen LogP contribution in [-0.2, 0) is 11.8 Å². The molecule has 2 N–H and O–H groups in total. The standard InChI is InChI=1S/C28H30N6O3/c1-5-27(35)30-23-14-22(25(36-4)15-26(23)37-18-11-13-33(2)16-18)32-28-29-12-10-21(31-28)20-17-34(3)24-9-7-6-8-19(20)24/h5-10,12,14-15,17-18H,1,11,13,16H2,2-4H3,(H,30,35)(H,29,31,32). The largest absolute Gasteiger partial charge is 0.494 e. The molecule has 190 valence electrons. The molecule has 0 saturated carbocycles. The lowest BCUT2D eigenvalue weighted by Crippen LogP contribution is -2.22. The van der Waals surface area contributed by atoms with Crippen LogP contribution in [-0.4, -0.2) is 58.7 Å². The van der Waals surface area contributed by atoms with Gasteiger partial charge >= 0.3 is 0 Å². The number of methoxy groups -OCH3 is 1. The summed E-state index contributed by atoms with van der Waals surface area (Å²) in [6.07, 6.45) is 5.93. The average molecular weight is 499 g/mol. The Hall–Kier alpha value is -4.37. The Balaban J connectivity index is 1.48. The lowest BCUT2D eigenvalue weighted by Gasteiger charge is -2.20. The minimum atomic E-state index is -0.335. The molecule has 0 spiro atoms. The number of benzene rings is 2. The molecular formula is C28H30N6O3. The summed E-state index contributed by atoms with van der Waals surface area (Å²) < 4.78 is 14.0. The molecule has 1 fully saturated rings. The summed E-state index contributed by atoms with van der Waals surface area (Å²) in [5.74, 6) is 1.13. The highest BCUT2D eigenvalue weighted by Gasteiger charge is 2.23. The number of fused-ring (bicyclic) bond motifs is 1. The predicted molar refractivity (Wildman–Crippen MR) is 146 cm³/mol. The quantitative estimate of drug-likeness (QED) is 0.343. The van der Waals surface area contributed by atoms with Gasteiger partial charge in [0.05, 0.1) is 24.2 Å². The maximum absolute atomic E-state index is 12.2. The lowest BCUT2D eigenvalue weighted by molar-refractivity contribution is -0.111. The summed E-state index contributed by atoms with van der Waals surface area (Å²) >= 11 is 0. The molecule has 37 heavy (non-hydrogen) atoms. The molecule has 9 heteroatoms. The normalized spacial score (nSPS) is 15.5. The van der Waals surface area contributed by atoms with E-state index in [1.165, 1.54) is 6.08 Å². The average Bonchev–Trinajstić information content (AvgIpc) is 3.48. The minimum Gasteiger partial charge on any atom is -0.494 e. The second kappa shape index (κ2) is 10.3. The van der Waals surface area contributed by atoms with Gasteiger partial charge in [0.15, 0.2) is 0 Å². The van der Waals surface area contributed by atoms with Crippen molar-refractivity contribution in [1.82, 2.24) is 19.4 Å². The number of carbonyl (C=O) groups is 1. The Bertz CT molecular complexity index is 1460. The third-order valence-corrected chi connectivity index (χ3v) is 6.46. The fourth-order valence-electron chi connectivity index (χ4n) is 4.61. The van der Waals surface area contributed by atoms with Crippen LogP contribution in [0.5, 0.6) is 11.5 Å². The van der Waals surface area contributed by atoms with Crippen molar-refractivity contribution in [2.75, 3.05) is 37.9 Å². The molecule has 0 bridgehead atoms. The van der Waals surface area contributed by atoms with E-state index in [4.69, 9.17) is 14.5 Å². The summed E-state index contributed by atoms with van der Waals surface area (Å²) in [5, 5.41) is 7.21. The van der Waals surface area contributed by atoms with Crippen molar-refractivity contribution < 1.29 is 14.3 Å². The van der Waals surface area contributed by atoms with E-state index in [9.17, 15) is 4.79 Å². The number of rotatable bonds is 8. The molecule has 1 amide bonds. The number of nitrogens with zero attached hydrogens (tertiary/aromatic N) is 4. The van der Waals surface area contributed by atoms with E-state index < -0.39 is 0 Å². The van der Waals surface area contributed by atoms with Crippen molar-refractivity contribution in [3.05, 3.63) is 67.5 Å². The second-order valence-corrected chi connectivity index (χ2v) is 9.09. The van der Waals surface area contributed by atoms with Gasteiger partial charge in [-0.05, 0) is 37.7 Å². The van der Waals surface area contributed by atoms with E-state index >= 15 is 0 Å². The molecule has 9 nitrogen and oxygen atoms in total. The predicted octanol–water partition coefficient (Wildman–Crippen LogP) is 4.59. The van der Waals surface area contributed by atoms with Gasteiger partial charge in [0.1, 0.15) is 17.6 Å². The third-order valence-electron chi connectivity index (χ3n) is 6.46. The third kappa shape index (κ3) is 5.12. The zero-order chi connectivity index (χ0) is 25.9. The molecular weight excluding hydrogens is 468 g/mol. The Morgan fingerprint density at radius 1 is 1.16 bits per heavy atom. The van der Waals surface area contributed by atoms with E-state index in [2.05, 4.69) is 57.0 Å². The molecule has 3 heterocycles. The maximum atomic E-state index is 12.2. The van der Waals surface area contributed by atoms with Gasteiger partial charge in [-0.1, -0.05) is 24.8 Å². The summed E-state index contributed by atoms with van der Waals surface area (Å²) in [5.41, 5.74) is 4.03. The SMILES string of the molecule is C=CC(=O)Nc1cc(Nc2nccc(-c3cn(C)c4ccccc34)n2)c(OC)cc1OC1CCN(C)C1. The number of hydrogen-bond acceptors (Lipinski definition) is 7.